The molecule has 4 rings (SSSR count). The van der Waals surface area contributed by atoms with Crippen LogP contribution in [0.5, 0.6) is 5.75 Å². The Hall–Kier alpha value is -2.00. The van der Waals surface area contributed by atoms with E-state index in [2.05, 4.69) is 0 Å². The first kappa shape index (κ1) is 26.1. The van der Waals surface area contributed by atoms with Gasteiger partial charge in [0.2, 0.25) is 0 Å². The maximum atomic E-state index is 15.2. The third-order valence-electron chi connectivity index (χ3n) is 6.13. The van der Waals surface area contributed by atoms with Gasteiger partial charge in [0.1, 0.15) is 10.6 Å². The van der Waals surface area contributed by atoms with Gasteiger partial charge < -0.3 is 9.47 Å². The molecule has 192 valence electrons. The summed E-state index contributed by atoms with van der Waals surface area (Å²) in [4.78, 5) is -0.306. The highest BCUT2D eigenvalue weighted by Crippen LogP contribution is 2.55. The highest BCUT2D eigenvalue weighted by Gasteiger charge is 2.62. The van der Waals surface area contributed by atoms with E-state index in [0.29, 0.717) is 0 Å². The van der Waals surface area contributed by atoms with E-state index in [4.69, 9.17) is 21.1 Å². The van der Waals surface area contributed by atoms with E-state index in [1.54, 1.807) is 0 Å². The van der Waals surface area contributed by atoms with Crippen molar-refractivity contribution in [1.29, 1.82) is 0 Å². The second-order valence-corrected chi connectivity index (χ2v) is 12.4. The topological polar surface area (TPSA) is 98.8 Å². The van der Waals surface area contributed by atoms with Gasteiger partial charge >= 0.3 is 15.5 Å². The standard InChI is InChI=1S/C20H17ClF5NO6S2/c21-11-1-3-12(4-2-11)34(28,29)19-7-8-32-16(9-27-35(30,31)20(24,25)26)13(19)10-33-18-15(23)6-5-14(22)17(18)19/h1-6,13,16,27H,7-10H2/t13?,16-,19-/m0/s1. The van der Waals surface area contributed by atoms with Crippen LogP contribution in [0.15, 0.2) is 41.3 Å². The van der Waals surface area contributed by atoms with Crippen molar-refractivity contribution in [1.82, 2.24) is 4.72 Å². The minimum atomic E-state index is -5.79. The summed E-state index contributed by atoms with van der Waals surface area (Å²) in [6.07, 6.45) is -1.89. The maximum absolute atomic E-state index is 15.2. The average molecular weight is 562 g/mol. The van der Waals surface area contributed by atoms with Crippen LogP contribution in [-0.2, 0) is 29.3 Å². The summed E-state index contributed by atoms with van der Waals surface area (Å²) in [5.74, 6) is -4.20. The predicted molar refractivity (Wildman–Crippen MR) is 113 cm³/mol. The van der Waals surface area contributed by atoms with Crippen LogP contribution in [0.4, 0.5) is 22.0 Å². The highest BCUT2D eigenvalue weighted by atomic mass is 35.5. The minimum absolute atomic E-state index is 0.203. The van der Waals surface area contributed by atoms with Crippen molar-refractivity contribution in [2.75, 3.05) is 19.8 Å². The molecule has 1 fully saturated rings. The summed E-state index contributed by atoms with van der Waals surface area (Å²) >= 11 is 5.85. The molecule has 15 heteroatoms. The number of rotatable bonds is 5. The van der Waals surface area contributed by atoms with E-state index in [9.17, 15) is 34.4 Å². The van der Waals surface area contributed by atoms with E-state index in [0.717, 1.165) is 24.3 Å². The van der Waals surface area contributed by atoms with Crippen molar-refractivity contribution >= 4 is 31.5 Å². The molecule has 3 atom stereocenters. The zero-order valence-corrected chi connectivity index (χ0v) is 19.9. The number of ether oxygens (including phenoxy) is 2. The zero-order chi connectivity index (χ0) is 25.8. The molecule has 2 aliphatic rings. The van der Waals surface area contributed by atoms with Crippen LogP contribution in [0.1, 0.15) is 12.0 Å². The number of sulfonamides is 1. The van der Waals surface area contributed by atoms with Crippen LogP contribution >= 0.6 is 11.6 Å². The second kappa shape index (κ2) is 8.83. The molecule has 0 aromatic heterocycles. The van der Waals surface area contributed by atoms with Gasteiger partial charge in [-0.1, -0.05) is 11.6 Å². The second-order valence-electron chi connectivity index (χ2n) is 7.95. The summed E-state index contributed by atoms with van der Waals surface area (Å²) in [5, 5.41) is 0.203. The number of hydrogen-bond donors (Lipinski definition) is 1. The zero-order valence-electron chi connectivity index (χ0n) is 17.5. The lowest BCUT2D eigenvalue weighted by Crippen LogP contribution is -2.60. The molecule has 1 saturated heterocycles. The Morgan fingerprint density at radius 3 is 2.29 bits per heavy atom. The largest absolute Gasteiger partial charge is 0.511 e. The van der Waals surface area contributed by atoms with Crippen molar-refractivity contribution in [2.24, 2.45) is 5.92 Å². The Kier molecular flexibility index (Phi) is 6.58. The Labute approximate surface area is 202 Å². The van der Waals surface area contributed by atoms with Crippen molar-refractivity contribution in [3.8, 4) is 5.75 Å². The third-order valence-corrected chi connectivity index (χ3v) is 10.1. The molecular formula is C20H17ClF5NO6S2. The molecule has 0 saturated carbocycles. The SMILES string of the molecule is O=S(=O)(NC[C@@H]1OCC[C@@]2(S(=O)(=O)c3ccc(Cl)cc3)c3c(F)ccc(F)c3OCC12)C(F)(F)F. The highest BCUT2D eigenvalue weighted by molar-refractivity contribution is 7.92. The normalized spacial score (nSPS) is 24.9. The van der Waals surface area contributed by atoms with Crippen LogP contribution in [-0.4, -0.2) is 48.2 Å². The molecule has 2 aliphatic heterocycles. The molecule has 7 nitrogen and oxygen atoms in total. The van der Waals surface area contributed by atoms with Gasteiger partial charge in [-0.2, -0.15) is 13.2 Å². The number of sulfone groups is 1. The number of alkyl halides is 3. The van der Waals surface area contributed by atoms with Gasteiger partial charge in [-0.05, 0) is 42.8 Å². The van der Waals surface area contributed by atoms with Crippen LogP contribution in [0, 0.1) is 17.6 Å². The number of nitrogens with one attached hydrogen (secondary N) is 1. The van der Waals surface area contributed by atoms with Gasteiger partial charge in [-0.25, -0.2) is 30.3 Å². The molecule has 35 heavy (non-hydrogen) atoms. The Morgan fingerprint density at radius 2 is 1.66 bits per heavy atom. The molecule has 1 N–H and O–H groups in total. The molecule has 0 spiro atoms. The maximum Gasteiger partial charge on any atom is 0.511 e. The first-order valence-electron chi connectivity index (χ1n) is 10.0. The van der Waals surface area contributed by atoms with Crippen LogP contribution in [0.25, 0.3) is 0 Å². The monoisotopic (exact) mass is 561 g/mol. The van der Waals surface area contributed by atoms with Crippen LogP contribution in [0.3, 0.4) is 0 Å². The fourth-order valence-electron chi connectivity index (χ4n) is 4.52. The van der Waals surface area contributed by atoms with Crippen molar-refractivity contribution < 1.29 is 48.3 Å². The molecule has 0 amide bonds. The Balaban J connectivity index is 1.88. The fourth-order valence-corrected chi connectivity index (χ4v) is 7.54. The Morgan fingerprint density at radius 1 is 1.03 bits per heavy atom. The van der Waals surface area contributed by atoms with Crippen LogP contribution in [0.2, 0.25) is 5.02 Å². The summed E-state index contributed by atoms with van der Waals surface area (Å²) in [6, 6.07) is 6.34. The lowest BCUT2D eigenvalue weighted by molar-refractivity contribution is -0.0705. The van der Waals surface area contributed by atoms with Gasteiger partial charge in [-0.15, -0.1) is 0 Å². The van der Waals surface area contributed by atoms with E-state index in [-0.39, 0.29) is 9.92 Å². The lowest BCUT2D eigenvalue weighted by Gasteiger charge is -2.50. The molecule has 2 aromatic carbocycles. The van der Waals surface area contributed by atoms with E-state index >= 15 is 4.39 Å². The van der Waals surface area contributed by atoms with Gasteiger partial charge in [-0.3, -0.25) is 0 Å². The van der Waals surface area contributed by atoms with E-state index in [1.165, 1.54) is 16.9 Å². The average Bonchev–Trinajstić information content (AvgIpc) is 2.79. The molecule has 0 aliphatic carbocycles. The van der Waals surface area contributed by atoms with Gasteiger partial charge in [0.15, 0.2) is 21.4 Å². The van der Waals surface area contributed by atoms with Crippen molar-refractivity contribution in [3.05, 3.63) is 58.6 Å². The summed E-state index contributed by atoms with van der Waals surface area (Å²) in [5.41, 5.74) is -6.25. The molecular weight excluding hydrogens is 545 g/mol. The van der Waals surface area contributed by atoms with E-state index in [1.807, 2.05) is 0 Å². The smallest absolute Gasteiger partial charge is 0.490 e. The van der Waals surface area contributed by atoms with Gasteiger partial charge in [0, 0.05) is 24.1 Å². The fraction of sp³-hybridized carbons (Fsp3) is 0.400. The van der Waals surface area contributed by atoms with Gasteiger partial charge in [0.25, 0.3) is 0 Å². The molecule has 1 unspecified atom stereocenters. The third kappa shape index (κ3) is 4.18. The molecule has 0 bridgehead atoms. The molecule has 0 radical (unpaired) electrons. The molecule has 2 aromatic rings. The van der Waals surface area contributed by atoms with Crippen molar-refractivity contribution in [3.63, 3.8) is 0 Å². The number of benzene rings is 2. The van der Waals surface area contributed by atoms with Crippen LogP contribution < -0.4 is 9.46 Å². The summed E-state index contributed by atoms with van der Waals surface area (Å²) < 4.78 is 129. The molecule has 2 heterocycles. The summed E-state index contributed by atoms with van der Waals surface area (Å²) in [7, 11) is -10.4. The minimum Gasteiger partial charge on any atom is -0.490 e. The Bertz CT molecular complexity index is 1350. The first-order chi connectivity index (χ1) is 16.2. The summed E-state index contributed by atoms with van der Waals surface area (Å²) in [6.45, 7) is -1.99. The van der Waals surface area contributed by atoms with E-state index < -0.39 is 91.3 Å². The predicted octanol–water partition coefficient (Wildman–Crippen LogP) is 3.52. The number of fused-ring (bicyclic) bond motifs is 3. The number of hydrogen-bond acceptors (Lipinski definition) is 6. The first-order valence-corrected chi connectivity index (χ1v) is 13.4. The van der Waals surface area contributed by atoms with Gasteiger partial charge in [0.05, 0.1) is 23.2 Å². The quantitative estimate of drug-likeness (QED) is 0.561. The lowest BCUT2D eigenvalue weighted by atomic mass is 9.76. The van der Waals surface area contributed by atoms with Crippen molar-refractivity contribution in [2.45, 2.75) is 27.7 Å². The number of halogens is 6.